The highest BCUT2D eigenvalue weighted by atomic mass is 19.1. The Kier molecular flexibility index (Phi) is 4.73. The lowest BCUT2D eigenvalue weighted by molar-refractivity contribution is -0.165. The first kappa shape index (κ1) is 17.8. The number of amides is 1. The average Bonchev–Trinajstić information content (AvgIpc) is 2.64. The monoisotopic (exact) mass is 374 g/mol. The molecule has 8 heteroatoms. The van der Waals surface area contributed by atoms with Crippen LogP contribution in [0.2, 0.25) is 0 Å². The third-order valence-electron chi connectivity index (χ3n) is 5.10. The molecule has 1 N–H and O–H groups in total. The van der Waals surface area contributed by atoms with Crippen LogP contribution in [0.1, 0.15) is 23.2 Å². The van der Waals surface area contributed by atoms with Gasteiger partial charge in [-0.15, -0.1) is 0 Å². The molecule has 1 aromatic carbocycles. The van der Waals surface area contributed by atoms with Gasteiger partial charge in [-0.3, -0.25) is 4.79 Å². The van der Waals surface area contributed by atoms with Gasteiger partial charge in [-0.25, -0.2) is 18.7 Å². The molecule has 2 aliphatic heterocycles. The number of carbonyl (C=O) groups is 1. The predicted octanol–water partition coefficient (Wildman–Crippen LogP) is 2.49. The highest BCUT2D eigenvalue weighted by molar-refractivity contribution is 5.95. The van der Waals surface area contributed by atoms with Crippen molar-refractivity contribution in [3.8, 4) is 0 Å². The Balaban J connectivity index is 1.26. The van der Waals surface area contributed by atoms with Gasteiger partial charge in [-0.05, 0) is 37.0 Å². The van der Waals surface area contributed by atoms with E-state index in [-0.39, 0.29) is 17.1 Å². The molecule has 142 valence electrons. The number of hydrogen-bond donors (Lipinski definition) is 1. The average molecular weight is 374 g/mol. The molecule has 2 aromatic rings. The van der Waals surface area contributed by atoms with Gasteiger partial charge in [0.1, 0.15) is 17.2 Å². The number of hydrogen-bond acceptors (Lipinski definition) is 5. The summed E-state index contributed by atoms with van der Waals surface area (Å²) in [4.78, 5) is 22.2. The van der Waals surface area contributed by atoms with Crippen LogP contribution in [0.15, 0.2) is 36.7 Å². The van der Waals surface area contributed by atoms with Crippen molar-refractivity contribution < 1.29 is 18.3 Å². The lowest BCUT2D eigenvalue weighted by Crippen LogP contribution is -2.66. The first-order valence-corrected chi connectivity index (χ1v) is 8.93. The van der Waals surface area contributed by atoms with Crippen LogP contribution in [0.5, 0.6) is 0 Å². The number of nitrogens with one attached hydrogen (secondary N) is 1. The molecule has 1 spiro atoms. The minimum absolute atomic E-state index is 0.0306. The summed E-state index contributed by atoms with van der Waals surface area (Å²) in [5, 5.41) is 3.20. The van der Waals surface area contributed by atoms with E-state index in [0.717, 1.165) is 37.6 Å². The number of rotatable bonds is 4. The van der Waals surface area contributed by atoms with Gasteiger partial charge in [0.05, 0.1) is 19.7 Å². The maximum atomic E-state index is 13.3. The molecule has 2 fully saturated rings. The molecular weight excluding hydrogens is 354 g/mol. The Morgan fingerprint density at radius 1 is 1.22 bits per heavy atom. The summed E-state index contributed by atoms with van der Waals surface area (Å²) in [5.74, 6) is -0.921. The highest BCUT2D eigenvalue weighted by Gasteiger charge is 2.48. The number of likely N-dealkylation sites (tertiary alicyclic amines) is 1. The van der Waals surface area contributed by atoms with Crippen molar-refractivity contribution in [3.05, 3.63) is 53.9 Å². The van der Waals surface area contributed by atoms with Crippen LogP contribution in [0.3, 0.4) is 0 Å². The van der Waals surface area contributed by atoms with E-state index in [4.69, 9.17) is 4.74 Å². The maximum absolute atomic E-state index is 13.3. The lowest BCUT2D eigenvalue weighted by Gasteiger charge is -2.52. The Morgan fingerprint density at radius 2 is 1.93 bits per heavy atom. The van der Waals surface area contributed by atoms with Gasteiger partial charge >= 0.3 is 0 Å². The third-order valence-corrected chi connectivity index (χ3v) is 5.10. The minimum atomic E-state index is -0.750. The van der Waals surface area contributed by atoms with Crippen molar-refractivity contribution >= 4 is 11.9 Å². The molecule has 3 heterocycles. The SMILES string of the molecule is O=C(c1cc(F)cc(F)c1)N1CC2(CCC(CNc3ncccn3)CO2)C1. The number of anilines is 1. The molecule has 4 rings (SSSR count). The van der Waals surface area contributed by atoms with Gasteiger partial charge in [0.15, 0.2) is 0 Å². The molecule has 1 amide bonds. The molecule has 6 nitrogen and oxygen atoms in total. The van der Waals surface area contributed by atoms with Crippen LogP contribution in [-0.4, -0.2) is 52.6 Å². The number of ether oxygens (including phenoxy) is 1. The second kappa shape index (κ2) is 7.19. The van der Waals surface area contributed by atoms with Crippen LogP contribution in [-0.2, 0) is 4.74 Å². The number of carbonyl (C=O) groups excluding carboxylic acids is 1. The smallest absolute Gasteiger partial charge is 0.254 e. The fraction of sp³-hybridized carbons (Fsp3) is 0.421. The maximum Gasteiger partial charge on any atom is 0.254 e. The second-order valence-electron chi connectivity index (χ2n) is 7.17. The van der Waals surface area contributed by atoms with Gasteiger partial charge in [-0.1, -0.05) is 0 Å². The molecule has 0 radical (unpaired) electrons. The Labute approximate surface area is 155 Å². The summed E-state index contributed by atoms with van der Waals surface area (Å²) in [7, 11) is 0. The van der Waals surface area contributed by atoms with Crippen LogP contribution >= 0.6 is 0 Å². The number of halogens is 2. The van der Waals surface area contributed by atoms with E-state index in [9.17, 15) is 13.6 Å². The summed E-state index contributed by atoms with van der Waals surface area (Å²) < 4.78 is 32.7. The fourth-order valence-corrected chi connectivity index (χ4v) is 3.61. The van der Waals surface area contributed by atoms with Gasteiger partial charge in [0.25, 0.3) is 5.91 Å². The van der Waals surface area contributed by atoms with E-state index >= 15 is 0 Å². The summed E-state index contributed by atoms with van der Waals surface area (Å²) in [6, 6.07) is 4.64. The van der Waals surface area contributed by atoms with Crippen LogP contribution in [0.4, 0.5) is 14.7 Å². The van der Waals surface area contributed by atoms with E-state index in [0.29, 0.717) is 31.6 Å². The van der Waals surface area contributed by atoms with Crippen molar-refractivity contribution in [1.82, 2.24) is 14.9 Å². The Hall–Kier alpha value is -2.61. The summed E-state index contributed by atoms with van der Waals surface area (Å²) in [6.45, 7) is 2.22. The van der Waals surface area contributed by atoms with E-state index < -0.39 is 11.6 Å². The Bertz CT molecular complexity index is 797. The predicted molar refractivity (Wildman–Crippen MR) is 94.2 cm³/mol. The number of nitrogens with zero attached hydrogens (tertiary/aromatic N) is 3. The Morgan fingerprint density at radius 3 is 2.56 bits per heavy atom. The number of aromatic nitrogens is 2. The zero-order valence-electron chi connectivity index (χ0n) is 14.7. The van der Waals surface area contributed by atoms with Gasteiger partial charge in [-0.2, -0.15) is 0 Å². The molecule has 2 saturated heterocycles. The van der Waals surface area contributed by atoms with Gasteiger partial charge in [0, 0.05) is 30.6 Å². The molecule has 27 heavy (non-hydrogen) atoms. The van der Waals surface area contributed by atoms with E-state index in [1.165, 1.54) is 0 Å². The zero-order valence-corrected chi connectivity index (χ0v) is 14.7. The van der Waals surface area contributed by atoms with Crippen molar-refractivity contribution in [1.29, 1.82) is 0 Å². The second-order valence-corrected chi connectivity index (χ2v) is 7.17. The molecule has 2 aliphatic rings. The third kappa shape index (κ3) is 3.90. The quantitative estimate of drug-likeness (QED) is 0.891. The van der Waals surface area contributed by atoms with Crippen molar-refractivity contribution in [2.45, 2.75) is 18.4 Å². The van der Waals surface area contributed by atoms with Crippen molar-refractivity contribution in [2.24, 2.45) is 5.92 Å². The topological polar surface area (TPSA) is 67.4 Å². The van der Waals surface area contributed by atoms with Gasteiger partial charge < -0.3 is 15.0 Å². The van der Waals surface area contributed by atoms with E-state index in [1.54, 1.807) is 23.4 Å². The molecule has 1 aromatic heterocycles. The van der Waals surface area contributed by atoms with Crippen molar-refractivity contribution in [2.75, 3.05) is 31.6 Å². The molecule has 1 atom stereocenters. The molecular formula is C19H20F2N4O2. The normalized spacial score (nSPS) is 21.0. The van der Waals surface area contributed by atoms with Crippen molar-refractivity contribution in [3.63, 3.8) is 0 Å². The van der Waals surface area contributed by atoms with Crippen LogP contribution in [0.25, 0.3) is 0 Å². The number of benzene rings is 1. The largest absolute Gasteiger partial charge is 0.371 e. The first-order valence-electron chi connectivity index (χ1n) is 8.93. The summed E-state index contributed by atoms with van der Waals surface area (Å²) in [5.41, 5.74) is -0.301. The zero-order chi connectivity index (χ0) is 18.9. The van der Waals surface area contributed by atoms with E-state index in [1.807, 2.05) is 0 Å². The molecule has 0 aliphatic carbocycles. The molecule has 1 unspecified atom stereocenters. The summed E-state index contributed by atoms with van der Waals surface area (Å²) in [6.07, 6.45) is 5.19. The fourth-order valence-electron chi connectivity index (χ4n) is 3.61. The van der Waals surface area contributed by atoms with Gasteiger partial charge in [0.2, 0.25) is 5.95 Å². The summed E-state index contributed by atoms with van der Waals surface area (Å²) >= 11 is 0. The highest BCUT2D eigenvalue weighted by Crippen LogP contribution is 2.36. The first-order chi connectivity index (χ1) is 13.0. The van der Waals surface area contributed by atoms with Crippen LogP contribution in [0, 0.1) is 17.6 Å². The molecule has 0 bridgehead atoms. The lowest BCUT2D eigenvalue weighted by atomic mass is 9.82. The van der Waals surface area contributed by atoms with Crippen LogP contribution < -0.4 is 5.32 Å². The van der Waals surface area contributed by atoms with E-state index in [2.05, 4.69) is 15.3 Å². The minimum Gasteiger partial charge on any atom is -0.371 e. The standard InChI is InChI=1S/C19H20F2N4O2/c20-15-6-14(7-16(21)8-15)17(26)25-11-19(12-25)3-2-13(10-27-19)9-24-18-22-4-1-5-23-18/h1,4-8,13H,2-3,9-12H2,(H,22,23,24). The molecule has 0 saturated carbocycles.